The Morgan fingerprint density at radius 1 is 1.09 bits per heavy atom. The first-order valence-electron chi connectivity index (χ1n) is 13.8. The minimum Gasteiger partial charge on any atom is -0.381 e. The normalized spacial score (nSPS) is 15.1. The molecule has 1 unspecified atom stereocenters. The summed E-state index contributed by atoms with van der Waals surface area (Å²) in [5.74, 6) is -1.97. The van der Waals surface area contributed by atoms with Gasteiger partial charge in [-0.1, -0.05) is 35.5 Å². The van der Waals surface area contributed by atoms with Crippen LogP contribution in [0.4, 0.5) is 19.0 Å². The van der Waals surface area contributed by atoms with Crippen LogP contribution in [0.2, 0.25) is 0 Å². The number of halogens is 3. The molecule has 4 aromatic rings. The number of ether oxygens (including phenoxy) is 1. The molecule has 0 saturated carbocycles. The van der Waals surface area contributed by atoms with Gasteiger partial charge in [-0.25, -0.2) is 14.6 Å². The lowest BCUT2D eigenvalue weighted by atomic mass is 9.99. The molecule has 1 aliphatic rings. The monoisotopic (exact) mass is 647 g/mol. The van der Waals surface area contributed by atoms with Crippen molar-refractivity contribution in [3.8, 4) is 0 Å². The molecule has 2 aromatic carbocycles. The molecule has 1 fully saturated rings. The molecule has 0 bridgehead atoms. The van der Waals surface area contributed by atoms with Crippen molar-refractivity contribution >= 4 is 38.5 Å². The van der Waals surface area contributed by atoms with Gasteiger partial charge in [0, 0.05) is 31.5 Å². The minimum atomic E-state index is -5.31. The number of fused-ring (bicyclic) bond motifs is 1. The first kappa shape index (κ1) is 31.9. The van der Waals surface area contributed by atoms with Gasteiger partial charge in [-0.3, -0.25) is 14.1 Å². The molecule has 5 rings (SSSR count). The van der Waals surface area contributed by atoms with Crippen molar-refractivity contribution < 1.29 is 40.5 Å². The fourth-order valence-corrected chi connectivity index (χ4v) is 5.83. The summed E-state index contributed by atoms with van der Waals surface area (Å²) in [7, 11) is -5.31. The second kappa shape index (κ2) is 13.3. The third-order valence-corrected chi connectivity index (χ3v) is 8.43. The predicted octanol–water partition coefficient (Wildman–Crippen LogP) is 3.56. The summed E-state index contributed by atoms with van der Waals surface area (Å²) in [5, 5.41) is 11.7. The number of carbonyl (C=O) groups excluding carboxylic acids is 2. The molecular weight excluding hydrogens is 619 g/mol. The van der Waals surface area contributed by atoms with E-state index in [0.29, 0.717) is 44.2 Å². The number of hydrogen-bond acceptors (Lipinski definition) is 9. The quantitative estimate of drug-likeness (QED) is 0.216. The van der Waals surface area contributed by atoms with Crippen LogP contribution in [0.1, 0.15) is 56.6 Å². The Kier molecular flexibility index (Phi) is 9.40. The van der Waals surface area contributed by atoms with Crippen molar-refractivity contribution in [2.45, 2.75) is 37.2 Å². The van der Waals surface area contributed by atoms with Gasteiger partial charge in [-0.05, 0) is 41.2 Å². The van der Waals surface area contributed by atoms with Gasteiger partial charge in [-0.15, -0.1) is 5.10 Å². The number of nitrogens with zero attached hydrogens (tertiary/aromatic N) is 5. The smallest absolute Gasteiger partial charge is 0.381 e. The maximum Gasteiger partial charge on any atom is 0.390 e. The van der Waals surface area contributed by atoms with Gasteiger partial charge in [0.25, 0.3) is 21.9 Å². The second-order valence-corrected chi connectivity index (χ2v) is 12.1. The van der Waals surface area contributed by atoms with Gasteiger partial charge in [0.15, 0.2) is 11.5 Å². The van der Waals surface area contributed by atoms with Crippen LogP contribution >= 0.6 is 0 Å². The van der Waals surface area contributed by atoms with E-state index in [4.69, 9.17) is 4.74 Å². The van der Waals surface area contributed by atoms with E-state index in [1.165, 1.54) is 6.20 Å². The fraction of sp³-hybridized carbons (Fsp3) is 0.357. The topological polar surface area (TPSA) is 178 Å². The minimum absolute atomic E-state index is 0.0510. The summed E-state index contributed by atoms with van der Waals surface area (Å²) in [6.07, 6.45) is -1.75. The van der Waals surface area contributed by atoms with Crippen LogP contribution < -0.4 is 10.6 Å². The molecule has 238 valence electrons. The predicted molar refractivity (Wildman–Crippen MR) is 154 cm³/mol. The molecule has 2 aromatic heterocycles. The van der Waals surface area contributed by atoms with Gasteiger partial charge in [0.05, 0.1) is 31.1 Å². The van der Waals surface area contributed by atoms with Crippen LogP contribution in [-0.2, 0) is 21.4 Å². The highest BCUT2D eigenvalue weighted by atomic mass is 32.2. The molecule has 0 spiro atoms. The second-order valence-electron chi connectivity index (χ2n) is 10.5. The number of carbonyl (C=O) groups is 2. The molecule has 3 N–H and O–H groups in total. The maximum absolute atomic E-state index is 13.6. The average molecular weight is 648 g/mol. The van der Waals surface area contributed by atoms with Crippen molar-refractivity contribution in [1.29, 1.82) is 0 Å². The lowest BCUT2D eigenvalue weighted by Crippen LogP contribution is -2.34. The highest BCUT2D eigenvalue weighted by molar-refractivity contribution is 7.86. The van der Waals surface area contributed by atoms with E-state index >= 15 is 0 Å². The van der Waals surface area contributed by atoms with Crippen LogP contribution in [0.15, 0.2) is 55.0 Å². The molecule has 3 heterocycles. The molecule has 2 amide bonds. The van der Waals surface area contributed by atoms with Crippen molar-refractivity contribution in [1.82, 2.24) is 30.3 Å². The molecule has 1 saturated heterocycles. The number of hydrogen-bond donors (Lipinski definition) is 3. The SMILES string of the molecule is O=C(NCC1CCOCC1)c1nc(C(CC(F)(F)F)S(=O)(=O)O)cnc1NC(=O)c1ccc(Cn2ccnn2)c2ccccc12. The maximum atomic E-state index is 13.6. The van der Waals surface area contributed by atoms with Crippen LogP contribution in [0, 0.1) is 5.92 Å². The fourth-order valence-electron chi connectivity index (χ4n) is 5.02. The molecule has 1 atom stereocenters. The Balaban J connectivity index is 1.48. The highest BCUT2D eigenvalue weighted by Gasteiger charge is 2.40. The van der Waals surface area contributed by atoms with Crippen molar-refractivity contribution in [3.63, 3.8) is 0 Å². The summed E-state index contributed by atoms with van der Waals surface area (Å²) in [5.41, 5.74) is -0.394. The van der Waals surface area contributed by atoms with E-state index in [9.17, 15) is 35.7 Å². The number of anilines is 1. The van der Waals surface area contributed by atoms with Crippen molar-refractivity contribution in [3.05, 3.63) is 77.5 Å². The van der Waals surface area contributed by atoms with Gasteiger partial charge >= 0.3 is 6.18 Å². The number of amides is 2. The zero-order valence-electron chi connectivity index (χ0n) is 23.6. The van der Waals surface area contributed by atoms with E-state index in [1.807, 2.05) is 6.07 Å². The van der Waals surface area contributed by atoms with Gasteiger partial charge in [-0.2, -0.15) is 21.6 Å². The third kappa shape index (κ3) is 7.98. The summed E-state index contributed by atoms with van der Waals surface area (Å²) in [4.78, 5) is 34.7. The summed E-state index contributed by atoms with van der Waals surface area (Å²) < 4.78 is 80.0. The molecule has 1 aliphatic heterocycles. The molecule has 13 nitrogen and oxygen atoms in total. The Hall–Kier alpha value is -4.48. The van der Waals surface area contributed by atoms with Gasteiger partial charge in [0.2, 0.25) is 0 Å². The Morgan fingerprint density at radius 3 is 2.49 bits per heavy atom. The number of nitrogens with one attached hydrogen (secondary N) is 2. The van der Waals surface area contributed by atoms with Gasteiger partial charge < -0.3 is 15.4 Å². The van der Waals surface area contributed by atoms with Crippen molar-refractivity contribution in [2.75, 3.05) is 25.1 Å². The van der Waals surface area contributed by atoms with E-state index in [2.05, 4.69) is 30.9 Å². The third-order valence-electron chi connectivity index (χ3n) is 7.30. The van der Waals surface area contributed by atoms with Crippen LogP contribution in [0.5, 0.6) is 0 Å². The first-order chi connectivity index (χ1) is 21.4. The number of aromatic nitrogens is 5. The van der Waals surface area contributed by atoms with E-state index in [1.54, 1.807) is 41.2 Å². The van der Waals surface area contributed by atoms with E-state index < -0.39 is 57.0 Å². The van der Waals surface area contributed by atoms with E-state index in [-0.39, 0.29) is 18.0 Å². The summed E-state index contributed by atoms with van der Waals surface area (Å²) in [6.45, 7) is 1.54. The zero-order chi connectivity index (χ0) is 32.2. The molecule has 45 heavy (non-hydrogen) atoms. The Bertz CT molecular complexity index is 1800. The van der Waals surface area contributed by atoms with Crippen molar-refractivity contribution in [2.24, 2.45) is 5.92 Å². The van der Waals surface area contributed by atoms with Crippen LogP contribution in [0.3, 0.4) is 0 Å². The summed E-state index contributed by atoms with van der Waals surface area (Å²) in [6, 6.07) is 10.4. The average Bonchev–Trinajstić information content (AvgIpc) is 3.52. The number of rotatable bonds is 10. The largest absolute Gasteiger partial charge is 0.390 e. The van der Waals surface area contributed by atoms with E-state index in [0.717, 1.165) is 10.9 Å². The molecular formula is C28H28F3N7O6S. The molecule has 0 radical (unpaired) electrons. The Morgan fingerprint density at radius 2 is 1.82 bits per heavy atom. The lowest BCUT2D eigenvalue weighted by Gasteiger charge is -2.22. The number of alkyl halides is 3. The number of benzene rings is 2. The standard InChI is InChI=1S/C28H28F3N7O6S/c29-28(30,31)13-23(45(41,42)43)22-15-32-25(24(35-22)27(40)33-14-17-7-11-44-12-8-17)36-26(39)21-6-5-18(16-38-10-9-34-37-38)19-3-1-2-4-20(19)21/h1-6,9-10,15,17,23H,7-8,11-14,16H2,(H,33,40)(H,32,36,39)(H,41,42,43). The molecule has 0 aliphatic carbocycles. The molecule has 17 heteroatoms. The highest BCUT2D eigenvalue weighted by Crippen LogP contribution is 2.34. The zero-order valence-corrected chi connectivity index (χ0v) is 24.4. The van der Waals surface area contributed by atoms with Crippen LogP contribution in [0.25, 0.3) is 10.8 Å². The lowest BCUT2D eigenvalue weighted by molar-refractivity contribution is -0.135. The summed E-state index contributed by atoms with van der Waals surface area (Å²) >= 11 is 0. The Labute approximate surface area is 254 Å². The first-order valence-corrected chi connectivity index (χ1v) is 15.3. The van der Waals surface area contributed by atoms with Gasteiger partial charge in [0.1, 0.15) is 5.25 Å². The van der Waals surface area contributed by atoms with Crippen LogP contribution in [-0.4, -0.2) is 75.7 Å².